The average Bonchev–Trinajstić information content (AvgIpc) is 2.38. The van der Waals surface area contributed by atoms with E-state index in [4.69, 9.17) is 17.0 Å². The van der Waals surface area contributed by atoms with Gasteiger partial charge in [0.05, 0.1) is 12.8 Å². The van der Waals surface area contributed by atoms with E-state index in [9.17, 15) is 4.79 Å². The first-order chi connectivity index (χ1) is 8.61. The summed E-state index contributed by atoms with van der Waals surface area (Å²) in [5.41, 5.74) is 2.05. The Labute approximate surface area is 110 Å². The standard InChI is InChI=1S/C14H13NO2S/c1-9-6-7-10(8-12(9)17-2)14(16)11-4-3-5-13(18)15-11/h3-8H,1-2H3,(H,15,18). The van der Waals surface area contributed by atoms with Crippen molar-refractivity contribution in [2.75, 3.05) is 7.11 Å². The zero-order valence-electron chi connectivity index (χ0n) is 10.2. The molecule has 1 N–H and O–H groups in total. The number of aromatic amines is 1. The van der Waals surface area contributed by atoms with Gasteiger partial charge in [-0.15, -0.1) is 0 Å². The molecule has 0 amide bonds. The molecule has 2 aromatic rings. The molecule has 1 heterocycles. The molecule has 0 aliphatic heterocycles. The van der Waals surface area contributed by atoms with Crippen LogP contribution >= 0.6 is 12.2 Å². The van der Waals surface area contributed by atoms with Gasteiger partial charge in [-0.2, -0.15) is 0 Å². The molecule has 0 aliphatic rings. The predicted octanol–water partition coefficient (Wildman–Crippen LogP) is 3.29. The molecular formula is C14H13NO2S. The fourth-order valence-electron chi connectivity index (χ4n) is 1.70. The Balaban J connectivity index is 2.43. The molecule has 0 atom stereocenters. The second-order valence-electron chi connectivity index (χ2n) is 3.94. The Bertz CT molecular complexity index is 646. The van der Waals surface area contributed by atoms with Crippen molar-refractivity contribution < 1.29 is 9.53 Å². The number of rotatable bonds is 3. The van der Waals surface area contributed by atoms with E-state index >= 15 is 0 Å². The van der Waals surface area contributed by atoms with Crippen molar-refractivity contribution in [1.82, 2.24) is 4.98 Å². The minimum Gasteiger partial charge on any atom is -0.496 e. The van der Waals surface area contributed by atoms with Gasteiger partial charge in [-0.05, 0) is 30.7 Å². The van der Waals surface area contributed by atoms with Crippen LogP contribution in [0.3, 0.4) is 0 Å². The summed E-state index contributed by atoms with van der Waals surface area (Å²) < 4.78 is 5.75. The number of aryl methyl sites for hydroxylation is 1. The van der Waals surface area contributed by atoms with Crippen molar-refractivity contribution in [3.8, 4) is 5.75 Å². The van der Waals surface area contributed by atoms with Crippen LogP contribution in [0, 0.1) is 11.6 Å². The molecule has 0 fully saturated rings. The number of methoxy groups -OCH3 is 1. The number of carbonyl (C=O) groups is 1. The van der Waals surface area contributed by atoms with Crippen molar-refractivity contribution in [3.05, 3.63) is 57.9 Å². The first kappa shape index (κ1) is 12.5. The highest BCUT2D eigenvalue weighted by molar-refractivity contribution is 7.71. The number of hydrogen-bond acceptors (Lipinski definition) is 3. The van der Waals surface area contributed by atoms with Gasteiger partial charge in [0.1, 0.15) is 10.4 Å². The topological polar surface area (TPSA) is 42.1 Å². The van der Waals surface area contributed by atoms with E-state index in [0.717, 1.165) is 5.56 Å². The Kier molecular flexibility index (Phi) is 3.58. The molecule has 18 heavy (non-hydrogen) atoms. The summed E-state index contributed by atoms with van der Waals surface area (Å²) in [5, 5.41) is 0. The summed E-state index contributed by atoms with van der Waals surface area (Å²) in [6.07, 6.45) is 0. The van der Waals surface area contributed by atoms with Gasteiger partial charge in [0.25, 0.3) is 0 Å². The maximum absolute atomic E-state index is 12.2. The maximum atomic E-state index is 12.2. The van der Waals surface area contributed by atoms with Crippen LogP contribution < -0.4 is 4.74 Å². The number of H-pyrrole nitrogens is 1. The van der Waals surface area contributed by atoms with Crippen LogP contribution in [0.25, 0.3) is 0 Å². The summed E-state index contributed by atoms with van der Waals surface area (Å²) in [6, 6.07) is 10.6. The van der Waals surface area contributed by atoms with E-state index in [-0.39, 0.29) is 5.78 Å². The largest absolute Gasteiger partial charge is 0.496 e. The van der Waals surface area contributed by atoms with E-state index in [1.807, 2.05) is 13.0 Å². The summed E-state index contributed by atoms with van der Waals surface area (Å²) in [5.74, 6) is 0.607. The molecule has 4 heteroatoms. The monoisotopic (exact) mass is 259 g/mol. The third-order valence-corrected chi connectivity index (χ3v) is 2.92. The van der Waals surface area contributed by atoms with Crippen LogP contribution in [0.5, 0.6) is 5.75 Å². The molecule has 0 saturated carbocycles. The summed E-state index contributed by atoms with van der Waals surface area (Å²) >= 11 is 5.01. The van der Waals surface area contributed by atoms with Crippen LogP contribution in [0.2, 0.25) is 0 Å². The number of nitrogens with one attached hydrogen (secondary N) is 1. The van der Waals surface area contributed by atoms with Gasteiger partial charge >= 0.3 is 0 Å². The highest BCUT2D eigenvalue weighted by Gasteiger charge is 2.11. The van der Waals surface area contributed by atoms with Crippen LogP contribution in [-0.4, -0.2) is 17.9 Å². The predicted molar refractivity (Wildman–Crippen MR) is 72.8 cm³/mol. The number of benzene rings is 1. The lowest BCUT2D eigenvalue weighted by Crippen LogP contribution is -2.04. The van der Waals surface area contributed by atoms with E-state index in [0.29, 0.717) is 21.6 Å². The highest BCUT2D eigenvalue weighted by Crippen LogP contribution is 2.20. The second-order valence-corrected chi connectivity index (χ2v) is 4.38. The number of pyridine rings is 1. The van der Waals surface area contributed by atoms with Gasteiger partial charge in [0.2, 0.25) is 5.78 Å². The van der Waals surface area contributed by atoms with E-state index in [1.165, 1.54) is 0 Å². The van der Waals surface area contributed by atoms with Gasteiger partial charge in [-0.25, -0.2) is 0 Å². The first-order valence-corrected chi connectivity index (χ1v) is 5.91. The van der Waals surface area contributed by atoms with E-state index in [1.54, 1.807) is 37.4 Å². The van der Waals surface area contributed by atoms with Gasteiger partial charge in [-0.3, -0.25) is 4.79 Å². The smallest absolute Gasteiger partial charge is 0.209 e. The fourth-order valence-corrected chi connectivity index (χ4v) is 1.89. The summed E-state index contributed by atoms with van der Waals surface area (Å²) in [7, 11) is 1.59. The molecule has 1 aromatic carbocycles. The van der Waals surface area contributed by atoms with Gasteiger partial charge in [0.15, 0.2) is 0 Å². The molecular weight excluding hydrogens is 246 g/mol. The molecule has 1 aromatic heterocycles. The van der Waals surface area contributed by atoms with Crippen molar-refractivity contribution >= 4 is 18.0 Å². The van der Waals surface area contributed by atoms with Gasteiger partial charge in [0, 0.05) is 5.56 Å². The molecule has 0 unspecified atom stereocenters. The maximum Gasteiger partial charge on any atom is 0.209 e. The van der Waals surface area contributed by atoms with Gasteiger partial charge < -0.3 is 9.72 Å². The molecule has 2 rings (SSSR count). The third-order valence-electron chi connectivity index (χ3n) is 2.68. The Hall–Kier alpha value is -1.94. The Morgan fingerprint density at radius 3 is 2.72 bits per heavy atom. The molecule has 92 valence electrons. The molecule has 3 nitrogen and oxygen atoms in total. The fraction of sp³-hybridized carbons (Fsp3) is 0.143. The molecule has 0 radical (unpaired) electrons. The lowest BCUT2D eigenvalue weighted by Gasteiger charge is -2.07. The zero-order chi connectivity index (χ0) is 13.1. The van der Waals surface area contributed by atoms with Crippen molar-refractivity contribution in [1.29, 1.82) is 0 Å². The second kappa shape index (κ2) is 5.14. The SMILES string of the molecule is COc1cc(C(=O)c2cccc(=S)[nH]2)ccc1C. The molecule has 0 aliphatic carbocycles. The van der Waals surface area contributed by atoms with Crippen LogP contribution in [0.4, 0.5) is 0 Å². The van der Waals surface area contributed by atoms with Crippen LogP contribution in [0.15, 0.2) is 36.4 Å². The minimum atomic E-state index is -0.0972. The van der Waals surface area contributed by atoms with Crippen molar-refractivity contribution in [2.24, 2.45) is 0 Å². The number of carbonyl (C=O) groups excluding carboxylic acids is 1. The lowest BCUT2D eigenvalue weighted by molar-refractivity contribution is 0.103. The average molecular weight is 259 g/mol. The van der Waals surface area contributed by atoms with E-state index < -0.39 is 0 Å². The number of ketones is 1. The zero-order valence-corrected chi connectivity index (χ0v) is 11.0. The van der Waals surface area contributed by atoms with Crippen LogP contribution in [-0.2, 0) is 0 Å². The molecule has 0 bridgehead atoms. The number of aromatic nitrogens is 1. The first-order valence-electron chi connectivity index (χ1n) is 5.50. The normalized spacial score (nSPS) is 10.1. The minimum absolute atomic E-state index is 0.0972. The molecule has 0 saturated heterocycles. The van der Waals surface area contributed by atoms with Gasteiger partial charge in [-0.1, -0.05) is 30.4 Å². The highest BCUT2D eigenvalue weighted by atomic mass is 32.1. The Morgan fingerprint density at radius 1 is 1.28 bits per heavy atom. The summed E-state index contributed by atoms with van der Waals surface area (Å²) in [4.78, 5) is 15.1. The summed E-state index contributed by atoms with van der Waals surface area (Å²) in [6.45, 7) is 1.93. The van der Waals surface area contributed by atoms with E-state index in [2.05, 4.69) is 4.98 Å². The third kappa shape index (κ3) is 2.49. The Morgan fingerprint density at radius 2 is 2.06 bits per heavy atom. The van der Waals surface area contributed by atoms with Crippen LogP contribution in [0.1, 0.15) is 21.6 Å². The van der Waals surface area contributed by atoms with Crippen molar-refractivity contribution in [2.45, 2.75) is 6.92 Å². The lowest BCUT2D eigenvalue weighted by atomic mass is 10.1. The van der Waals surface area contributed by atoms with Crippen molar-refractivity contribution in [3.63, 3.8) is 0 Å². The number of ether oxygens (including phenoxy) is 1. The quantitative estimate of drug-likeness (QED) is 0.679. The number of hydrogen-bond donors (Lipinski definition) is 1. The molecule has 0 spiro atoms.